The van der Waals surface area contributed by atoms with E-state index >= 15 is 0 Å². The van der Waals surface area contributed by atoms with Gasteiger partial charge in [-0.15, -0.1) is 0 Å². The van der Waals surface area contributed by atoms with E-state index in [1.54, 1.807) is 6.07 Å². The largest absolute Gasteiger partial charge is 0.475 e. The second kappa shape index (κ2) is 4.07. The lowest BCUT2D eigenvalue weighted by molar-refractivity contribution is 0.0656. The number of furan rings is 1. The van der Waals surface area contributed by atoms with Crippen LogP contribution >= 0.6 is 0 Å². The van der Waals surface area contributed by atoms with Crippen molar-refractivity contribution < 1.29 is 18.5 Å². The SMILES string of the molecule is CC(C#N)S(=O)c1ccc(C(=O)O)o1. The van der Waals surface area contributed by atoms with Gasteiger partial charge in [0.1, 0.15) is 16.0 Å². The Balaban J connectivity index is 2.94. The molecular weight excluding hydrogens is 206 g/mol. The number of nitrogens with zero attached hydrogens (tertiary/aromatic N) is 1. The first-order valence-corrected chi connectivity index (χ1v) is 4.91. The molecule has 0 saturated heterocycles. The van der Waals surface area contributed by atoms with Gasteiger partial charge in [-0.1, -0.05) is 0 Å². The molecule has 6 heteroatoms. The molecule has 1 rings (SSSR count). The van der Waals surface area contributed by atoms with E-state index < -0.39 is 22.0 Å². The van der Waals surface area contributed by atoms with Crippen LogP contribution in [0, 0.1) is 11.3 Å². The lowest BCUT2D eigenvalue weighted by Crippen LogP contribution is -2.06. The van der Waals surface area contributed by atoms with Crippen molar-refractivity contribution in [1.29, 1.82) is 5.26 Å². The maximum absolute atomic E-state index is 11.4. The first-order valence-electron chi connectivity index (χ1n) is 3.69. The minimum Gasteiger partial charge on any atom is -0.475 e. The molecule has 2 atom stereocenters. The standard InChI is InChI=1S/C8H7NO4S/c1-5(4-9)14(12)7-3-2-6(13-7)8(10)11/h2-3,5H,1H3,(H,10,11). The van der Waals surface area contributed by atoms with Gasteiger partial charge in [0.05, 0.1) is 6.07 Å². The number of carboxylic acids is 1. The Labute approximate surface area is 82.4 Å². The van der Waals surface area contributed by atoms with Gasteiger partial charge in [-0.25, -0.2) is 9.00 Å². The van der Waals surface area contributed by atoms with Crippen LogP contribution < -0.4 is 0 Å². The van der Waals surface area contributed by atoms with Gasteiger partial charge in [0.2, 0.25) is 5.76 Å². The lowest BCUT2D eigenvalue weighted by atomic mass is 10.5. The number of carboxylic acid groups (broad SMARTS) is 1. The van der Waals surface area contributed by atoms with Crippen LogP contribution in [0.1, 0.15) is 17.5 Å². The zero-order valence-corrected chi connectivity index (χ0v) is 8.08. The Kier molecular flexibility index (Phi) is 3.04. The van der Waals surface area contributed by atoms with Crippen molar-refractivity contribution in [3.63, 3.8) is 0 Å². The number of aromatic carboxylic acids is 1. The van der Waals surface area contributed by atoms with Crippen LogP contribution in [-0.4, -0.2) is 20.5 Å². The summed E-state index contributed by atoms with van der Waals surface area (Å²) in [7, 11) is -1.61. The first kappa shape index (κ1) is 10.5. The zero-order valence-electron chi connectivity index (χ0n) is 7.26. The second-order valence-corrected chi connectivity index (χ2v) is 4.20. The van der Waals surface area contributed by atoms with Gasteiger partial charge in [0.15, 0.2) is 5.09 Å². The van der Waals surface area contributed by atoms with Crippen molar-refractivity contribution in [2.45, 2.75) is 17.3 Å². The minimum absolute atomic E-state index is 0.0106. The Bertz CT molecular complexity index is 417. The third-order valence-electron chi connectivity index (χ3n) is 1.49. The fourth-order valence-corrected chi connectivity index (χ4v) is 1.58. The number of carbonyl (C=O) groups is 1. The summed E-state index contributed by atoms with van der Waals surface area (Å²) < 4.78 is 16.2. The Morgan fingerprint density at radius 1 is 1.71 bits per heavy atom. The van der Waals surface area contributed by atoms with Crippen LogP contribution in [0.5, 0.6) is 0 Å². The molecule has 0 fully saturated rings. The summed E-state index contributed by atoms with van der Waals surface area (Å²) in [6, 6.07) is 4.30. The van der Waals surface area contributed by atoms with E-state index in [-0.39, 0.29) is 10.9 Å². The molecule has 0 aliphatic rings. The molecule has 14 heavy (non-hydrogen) atoms. The molecule has 0 radical (unpaired) electrons. The topological polar surface area (TPSA) is 91.3 Å². The summed E-state index contributed by atoms with van der Waals surface area (Å²) in [6.45, 7) is 1.47. The highest BCUT2D eigenvalue weighted by atomic mass is 32.2. The molecule has 0 saturated carbocycles. The first-order chi connectivity index (χ1) is 6.56. The summed E-state index contributed by atoms with van der Waals surface area (Å²) in [4.78, 5) is 10.4. The molecule has 1 N–H and O–H groups in total. The molecule has 0 aromatic carbocycles. The smallest absolute Gasteiger partial charge is 0.371 e. The van der Waals surface area contributed by atoms with E-state index in [1.165, 1.54) is 19.1 Å². The quantitative estimate of drug-likeness (QED) is 0.808. The Morgan fingerprint density at radius 3 is 2.79 bits per heavy atom. The van der Waals surface area contributed by atoms with E-state index in [0.717, 1.165) is 0 Å². The van der Waals surface area contributed by atoms with E-state index in [0.29, 0.717) is 0 Å². The van der Waals surface area contributed by atoms with E-state index in [2.05, 4.69) is 0 Å². The number of nitriles is 1. The third kappa shape index (κ3) is 2.00. The number of rotatable bonds is 3. The van der Waals surface area contributed by atoms with Crippen LogP contribution in [0.25, 0.3) is 0 Å². The van der Waals surface area contributed by atoms with Crippen molar-refractivity contribution >= 4 is 16.8 Å². The van der Waals surface area contributed by atoms with Crippen LogP contribution in [-0.2, 0) is 10.8 Å². The van der Waals surface area contributed by atoms with Crippen molar-refractivity contribution in [2.24, 2.45) is 0 Å². The predicted molar refractivity (Wildman–Crippen MR) is 47.2 cm³/mol. The molecule has 0 amide bonds. The summed E-state index contributed by atoms with van der Waals surface area (Å²) in [6.07, 6.45) is 0. The van der Waals surface area contributed by atoms with E-state index in [1.807, 2.05) is 0 Å². The van der Waals surface area contributed by atoms with Crippen LogP contribution in [0.15, 0.2) is 21.6 Å². The fourth-order valence-electron chi connectivity index (χ4n) is 0.765. The normalized spacial score (nSPS) is 14.3. The molecule has 0 spiro atoms. The molecule has 5 nitrogen and oxygen atoms in total. The van der Waals surface area contributed by atoms with Gasteiger partial charge in [-0.05, 0) is 19.1 Å². The molecule has 1 aromatic heterocycles. The van der Waals surface area contributed by atoms with Crippen LogP contribution in [0.4, 0.5) is 0 Å². The molecule has 1 aromatic rings. The average Bonchev–Trinajstić information content (AvgIpc) is 2.64. The Hall–Kier alpha value is -1.61. The molecular formula is C8H7NO4S. The monoisotopic (exact) mass is 213 g/mol. The highest BCUT2D eigenvalue weighted by Gasteiger charge is 2.18. The molecule has 0 aliphatic heterocycles. The molecule has 1 heterocycles. The summed E-state index contributed by atoms with van der Waals surface area (Å²) >= 11 is 0. The van der Waals surface area contributed by atoms with Gasteiger partial charge in [-0.3, -0.25) is 0 Å². The Morgan fingerprint density at radius 2 is 2.36 bits per heavy atom. The summed E-state index contributed by atoms with van der Waals surface area (Å²) in [5, 5.41) is 16.3. The fraction of sp³-hybridized carbons (Fsp3) is 0.250. The third-order valence-corrected chi connectivity index (χ3v) is 2.86. The van der Waals surface area contributed by atoms with E-state index in [4.69, 9.17) is 14.8 Å². The molecule has 0 aliphatic carbocycles. The van der Waals surface area contributed by atoms with Gasteiger partial charge >= 0.3 is 5.97 Å². The molecule has 2 unspecified atom stereocenters. The van der Waals surface area contributed by atoms with Gasteiger partial charge in [-0.2, -0.15) is 5.26 Å². The lowest BCUT2D eigenvalue weighted by Gasteiger charge is -1.97. The predicted octanol–water partition coefficient (Wildman–Crippen LogP) is 0.997. The average molecular weight is 213 g/mol. The van der Waals surface area contributed by atoms with Gasteiger partial charge < -0.3 is 9.52 Å². The van der Waals surface area contributed by atoms with Gasteiger partial charge in [0.25, 0.3) is 0 Å². The molecule has 74 valence electrons. The second-order valence-electron chi connectivity index (χ2n) is 2.49. The van der Waals surface area contributed by atoms with Crippen molar-refractivity contribution in [2.75, 3.05) is 0 Å². The van der Waals surface area contributed by atoms with E-state index in [9.17, 15) is 9.00 Å². The highest BCUT2D eigenvalue weighted by molar-refractivity contribution is 7.85. The van der Waals surface area contributed by atoms with Crippen LogP contribution in [0.2, 0.25) is 0 Å². The maximum atomic E-state index is 11.4. The zero-order chi connectivity index (χ0) is 10.7. The maximum Gasteiger partial charge on any atom is 0.371 e. The summed E-state index contributed by atoms with van der Waals surface area (Å²) in [5.74, 6) is -1.50. The van der Waals surface area contributed by atoms with Crippen molar-refractivity contribution in [3.05, 3.63) is 17.9 Å². The van der Waals surface area contributed by atoms with Gasteiger partial charge in [0, 0.05) is 0 Å². The van der Waals surface area contributed by atoms with Crippen molar-refractivity contribution in [3.8, 4) is 6.07 Å². The summed E-state index contributed by atoms with van der Waals surface area (Å²) in [5.41, 5.74) is 0. The molecule has 0 bridgehead atoms. The minimum atomic E-state index is -1.61. The van der Waals surface area contributed by atoms with Crippen LogP contribution in [0.3, 0.4) is 0 Å². The van der Waals surface area contributed by atoms with Crippen molar-refractivity contribution in [1.82, 2.24) is 0 Å². The number of hydrogen-bond donors (Lipinski definition) is 1. The highest BCUT2D eigenvalue weighted by Crippen LogP contribution is 2.15. The number of hydrogen-bond acceptors (Lipinski definition) is 4.